The minimum absolute atomic E-state index is 0.0555. The maximum absolute atomic E-state index is 12.6. The maximum atomic E-state index is 12.6. The number of nitrogens with one attached hydrogen (secondary N) is 1. The largest absolute Gasteiger partial charge is 0.433 e. The molecule has 8 heteroatoms. The van der Waals surface area contributed by atoms with E-state index < -0.39 is 22.7 Å². The monoisotopic (exact) mass is 303 g/mol. The third kappa shape index (κ3) is 3.48. The van der Waals surface area contributed by atoms with Gasteiger partial charge in [0.15, 0.2) is 0 Å². The molecule has 4 nitrogen and oxygen atoms in total. The number of rotatable bonds is 2. The van der Waals surface area contributed by atoms with E-state index in [1.165, 1.54) is 0 Å². The van der Waals surface area contributed by atoms with Gasteiger partial charge >= 0.3 is 6.18 Å². The fourth-order valence-corrected chi connectivity index (χ4v) is 3.25. The molecule has 0 spiro atoms. The van der Waals surface area contributed by atoms with Gasteiger partial charge in [0, 0.05) is 28.3 Å². The molecule has 1 N–H and O–H groups in total. The van der Waals surface area contributed by atoms with Gasteiger partial charge in [-0.1, -0.05) is 0 Å². The molecule has 2 heterocycles. The van der Waals surface area contributed by atoms with Gasteiger partial charge in [0.25, 0.3) is 0 Å². The van der Waals surface area contributed by atoms with Crippen LogP contribution in [0.1, 0.15) is 24.1 Å². The number of halogens is 3. The van der Waals surface area contributed by atoms with E-state index in [-0.39, 0.29) is 17.4 Å². The minimum Gasteiger partial charge on any atom is -0.366 e. The molecule has 1 aromatic heterocycles. The van der Waals surface area contributed by atoms with E-state index >= 15 is 0 Å². The highest BCUT2D eigenvalue weighted by Crippen LogP contribution is 2.29. The molecular weight excluding hydrogens is 291 g/mol. The highest BCUT2D eigenvalue weighted by molar-refractivity contribution is 7.85. The van der Waals surface area contributed by atoms with Crippen LogP contribution in [0.2, 0.25) is 0 Å². The average Bonchev–Trinajstić information content (AvgIpc) is 2.40. The van der Waals surface area contributed by atoms with Crippen molar-refractivity contribution in [2.75, 3.05) is 16.8 Å². The molecule has 1 aromatic rings. The Morgan fingerprint density at radius 2 is 2.00 bits per heavy atom. The van der Waals surface area contributed by atoms with Gasteiger partial charge in [0.1, 0.15) is 17.6 Å². The van der Waals surface area contributed by atoms with Crippen molar-refractivity contribution >= 4 is 16.6 Å². The Morgan fingerprint density at radius 3 is 2.55 bits per heavy atom. The third-order valence-electron chi connectivity index (χ3n) is 3.03. The van der Waals surface area contributed by atoms with Gasteiger partial charge in [0.05, 0.1) is 5.56 Å². The summed E-state index contributed by atoms with van der Waals surface area (Å²) >= 11 is 0. The van der Waals surface area contributed by atoms with Crippen molar-refractivity contribution in [3.8, 4) is 6.07 Å². The van der Waals surface area contributed by atoms with Crippen LogP contribution >= 0.6 is 0 Å². The Morgan fingerprint density at radius 1 is 1.35 bits per heavy atom. The Kier molecular flexibility index (Phi) is 4.28. The lowest BCUT2D eigenvalue weighted by Gasteiger charge is -2.23. The SMILES string of the molecule is N#Cc1ccc(C(F)(F)F)nc1NC1CCS(=O)CC1. The van der Waals surface area contributed by atoms with Gasteiger partial charge in [-0.15, -0.1) is 0 Å². The summed E-state index contributed by atoms with van der Waals surface area (Å²) in [5, 5.41) is 11.8. The average molecular weight is 303 g/mol. The number of aromatic nitrogens is 1. The highest BCUT2D eigenvalue weighted by atomic mass is 32.2. The number of hydrogen-bond donors (Lipinski definition) is 1. The third-order valence-corrected chi connectivity index (χ3v) is 4.42. The molecule has 2 rings (SSSR count). The van der Waals surface area contributed by atoms with Crippen LogP contribution in [0.3, 0.4) is 0 Å². The number of pyridine rings is 1. The number of nitriles is 1. The second kappa shape index (κ2) is 5.79. The lowest BCUT2D eigenvalue weighted by molar-refractivity contribution is -0.141. The molecule has 0 unspecified atom stereocenters. The summed E-state index contributed by atoms with van der Waals surface area (Å²) in [5.41, 5.74) is -0.955. The topological polar surface area (TPSA) is 65.8 Å². The fourth-order valence-electron chi connectivity index (χ4n) is 1.95. The number of nitrogens with zero attached hydrogens (tertiary/aromatic N) is 2. The van der Waals surface area contributed by atoms with Gasteiger partial charge in [-0.2, -0.15) is 18.4 Å². The second-order valence-electron chi connectivity index (χ2n) is 4.47. The van der Waals surface area contributed by atoms with E-state index in [0.29, 0.717) is 24.3 Å². The van der Waals surface area contributed by atoms with E-state index in [4.69, 9.17) is 5.26 Å². The molecule has 0 aliphatic carbocycles. The molecule has 0 amide bonds. The van der Waals surface area contributed by atoms with Crippen LogP contribution in [0.4, 0.5) is 19.0 Å². The van der Waals surface area contributed by atoms with Crippen LogP contribution in [0.5, 0.6) is 0 Å². The summed E-state index contributed by atoms with van der Waals surface area (Å²) in [7, 11) is -0.850. The quantitative estimate of drug-likeness (QED) is 0.910. The molecule has 0 bridgehead atoms. The number of hydrogen-bond acceptors (Lipinski definition) is 4. The van der Waals surface area contributed by atoms with E-state index in [9.17, 15) is 17.4 Å². The summed E-state index contributed by atoms with van der Waals surface area (Å²) < 4.78 is 49.1. The van der Waals surface area contributed by atoms with Gasteiger partial charge in [-0.25, -0.2) is 4.98 Å². The van der Waals surface area contributed by atoms with Crippen molar-refractivity contribution < 1.29 is 17.4 Å². The van der Waals surface area contributed by atoms with Gasteiger partial charge < -0.3 is 5.32 Å². The molecule has 20 heavy (non-hydrogen) atoms. The molecule has 0 radical (unpaired) electrons. The normalized spacial score (nSPS) is 23.1. The maximum Gasteiger partial charge on any atom is 0.433 e. The van der Waals surface area contributed by atoms with Crippen LogP contribution in [0, 0.1) is 11.3 Å². The van der Waals surface area contributed by atoms with Crippen LogP contribution < -0.4 is 5.32 Å². The smallest absolute Gasteiger partial charge is 0.366 e. The Labute approximate surface area is 116 Å². The van der Waals surface area contributed by atoms with Gasteiger partial charge in [0.2, 0.25) is 0 Å². The molecule has 0 aromatic carbocycles. The molecule has 0 saturated carbocycles. The van der Waals surface area contributed by atoms with Crippen LogP contribution in [0.15, 0.2) is 12.1 Å². The van der Waals surface area contributed by atoms with Crippen molar-refractivity contribution in [2.45, 2.75) is 25.1 Å². The van der Waals surface area contributed by atoms with Crippen molar-refractivity contribution in [2.24, 2.45) is 0 Å². The first kappa shape index (κ1) is 14.8. The molecule has 1 saturated heterocycles. The number of anilines is 1. The first-order valence-electron chi connectivity index (χ1n) is 6.00. The molecular formula is C12H12F3N3OS. The summed E-state index contributed by atoms with van der Waals surface area (Å²) in [4.78, 5) is 3.49. The van der Waals surface area contributed by atoms with E-state index in [2.05, 4.69) is 10.3 Å². The Hall–Kier alpha value is -1.62. The summed E-state index contributed by atoms with van der Waals surface area (Å²) in [6.07, 6.45) is -3.36. The summed E-state index contributed by atoms with van der Waals surface area (Å²) in [6, 6.07) is 3.62. The Bertz CT molecular complexity index is 558. The minimum atomic E-state index is -4.54. The van der Waals surface area contributed by atoms with Crippen LogP contribution in [0.25, 0.3) is 0 Å². The predicted molar refractivity (Wildman–Crippen MR) is 68.5 cm³/mol. The zero-order valence-corrected chi connectivity index (χ0v) is 11.2. The predicted octanol–water partition coefficient (Wildman–Crippen LogP) is 2.30. The van der Waals surface area contributed by atoms with Crippen molar-refractivity contribution in [3.63, 3.8) is 0 Å². The highest BCUT2D eigenvalue weighted by Gasteiger charge is 2.33. The fraction of sp³-hybridized carbons (Fsp3) is 0.500. The first-order chi connectivity index (χ1) is 9.40. The van der Waals surface area contributed by atoms with Crippen molar-refractivity contribution in [1.82, 2.24) is 4.98 Å². The lowest BCUT2D eigenvalue weighted by atomic mass is 10.1. The summed E-state index contributed by atoms with van der Waals surface area (Å²) in [5.74, 6) is 0.969. The Balaban J connectivity index is 2.21. The van der Waals surface area contributed by atoms with E-state index in [1.54, 1.807) is 0 Å². The van der Waals surface area contributed by atoms with Crippen molar-refractivity contribution in [3.05, 3.63) is 23.4 Å². The van der Waals surface area contributed by atoms with Crippen LogP contribution in [-0.2, 0) is 17.0 Å². The zero-order chi connectivity index (χ0) is 14.8. The molecule has 1 aliphatic rings. The standard InChI is InChI=1S/C12H12F3N3OS/c13-12(14,15)10-2-1-8(7-16)11(18-10)17-9-3-5-20(19)6-4-9/h1-2,9H,3-6H2,(H,17,18). The lowest BCUT2D eigenvalue weighted by Crippen LogP contribution is -2.30. The zero-order valence-electron chi connectivity index (χ0n) is 10.4. The first-order valence-corrected chi connectivity index (χ1v) is 7.49. The van der Waals surface area contributed by atoms with Gasteiger partial charge in [-0.05, 0) is 25.0 Å². The molecule has 0 atom stereocenters. The summed E-state index contributed by atoms with van der Waals surface area (Å²) in [6.45, 7) is 0. The molecule has 1 fully saturated rings. The van der Waals surface area contributed by atoms with Gasteiger partial charge in [-0.3, -0.25) is 4.21 Å². The van der Waals surface area contributed by atoms with Crippen molar-refractivity contribution in [1.29, 1.82) is 5.26 Å². The van der Waals surface area contributed by atoms with E-state index in [1.807, 2.05) is 6.07 Å². The van der Waals surface area contributed by atoms with E-state index in [0.717, 1.165) is 12.1 Å². The molecule has 108 valence electrons. The molecule has 1 aliphatic heterocycles. The second-order valence-corrected chi connectivity index (χ2v) is 6.17. The van der Waals surface area contributed by atoms with Crippen LogP contribution in [-0.4, -0.2) is 26.7 Å². The number of alkyl halides is 3.